The van der Waals surface area contributed by atoms with Gasteiger partial charge in [-0.3, -0.25) is 9.80 Å². The normalized spacial score (nSPS) is 15.0. The molecule has 5 rings (SSSR count). The predicted molar refractivity (Wildman–Crippen MR) is 129 cm³/mol. The zero-order chi connectivity index (χ0) is 22.6. The van der Waals surface area contributed by atoms with Gasteiger partial charge in [0.05, 0.1) is 17.1 Å². The van der Waals surface area contributed by atoms with Gasteiger partial charge in [0.1, 0.15) is 11.6 Å². The lowest BCUT2D eigenvalue weighted by molar-refractivity contribution is 0.129. The van der Waals surface area contributed by atoms with Crippen LogP contribution in [-0.2, 0) is 6.54 Å². The van der Waals surface area contributed by atoms with E-state index in [0.717, 1.165) is 67.3 Å². The summed E-state index contributed by atoms with van der Waals surface area (Å²) in [5, 5.41) is 8.76. The standard InChI is InChI=1S/C27H26FN5/c28-24-9-10-25-26(18-24)31-27(30-25)23-4-1-3-22(17-23)21-7-5-20(6-8-21)19-33-15-13-32(14-16-33)12-2-11-29/h1,3-10,17-18H,2,12-16,19H2,(H,30,31). The van der Waals surface area contributed by atoms with E-state index in [-0.39, 0.29) is 5.82 Å². The van der Waals surface area contributed by atoms with Gasteiger partial charge in [-0.2, -0.15) is 5.26 Å². The van der Waals surface area contributed by atoms with Crippen molar-refractivity contribution in [3.05, 3.63) is 78.1 Å². The van der Waals surface area contributed by atoms with Crippen molar-refractivity contribution < 1.29 is 4.39 Å². The fourth-order valence-electron chi connectivity index (χ4n) is 4.40. The van der Waals surface area contributed by atoms with E-state index >= 15 is 0 Å². The summed E-state index contributed by atoms with van der Waals surface area (Å²) in [4.78, 5) is 12.7. The topological polar surface area (TPSA) is 59.0 Å². The molecule has 2 heterocycles. The Bertz CT molecular complexity index is 1280. The smallest absolute Gasteiger partial charge is 0.138 e. The summed E-state index contributed by atoms with van der Waals surface area (Å²) in [7, 11) is 0. The molecule has 33 heavy (non-hydrogen) atoms. The van der Waals surface area contributed by atoms with Gasteiger partial charge in [0.25, 0.3) is 0 Å². The number of H-pyrrole nitrogens is 1. The number of hydrogen-bond donors (Lipinski definition) is 1. The maximum atomic E-state index is 13.5. The molecule has 6 heteroatoms. The minimum Gasteiger partial charge on any atom is -0.338 e. The Labute approximate surface area is 193 Å². The monoisotopic (exact) mass is 439 g/mol. The molecule has 1 aliphatic heterocycles. The number of halogens is 1. The Hall–Kier alpha value is -3.53. The summed E-state index contributed by atoms with van der Waals surface area (Å²) in [5.74, 6) is 0.468. The van der Waals surface area contributed by atoms with Crippen molar-refractivity contribution in [2.75, 3.05) is 32.7 Å². The van der Waals surface area contributed by atoms with E-state index in [1.54, 1.807) is 6.07 Å². The van der Waals surface area contributed by atoms with Crippen LogP contribution in [0, 0.1) is 17.1 Å². The second kappa shape index (κ2) is 9.53. The van der Waals surface area contributed by atoms with Crippen LogP contribution in [0.4, 0.5) is 4.39 Å². The quantitative estimate of drug-likeness (QED) is 0.456. The Morgan fingerprint density at radius 1 is 0.879 bits per heavy atom. The number of fused-ring (bicyclic) bond motifs is 1. The molecule has 1 N–H and O–H groups in total. The number of rotatable bonds is 6. The molecule has 166 valence electrons. The van der Waals surface area contributed by atoms with Crippen LogP contribution in [0.2, 0.25) is 0 Å². The zero-order valence-electron chi connectivity index (χ0n) is 18.5. The first-order valence-electron chi connectivity index (χ1n) is 11.3. The van der Waals surface area contributed by atoms with E-state index in [0.29, 0.717) is 11.9 Å². The maximum Gasteiger partial charge on any atom is 0.138 e. The number of nitrogens with one attached hydrogen (secondary N) is 1. The fourth-order valence-corrected chi connectivity index (χ4v) is 4.40. The maximum absolute atomic E-state index is 13.5. The Balaban J connectivity index is 1.26. The van der Waals surface area contributed by atoms with Crippen LogP contribution >= 0.6 is 0 Å². The van der Waals surface area contributed by atoms with Gasteiger partial charge >= 0.3 is 0 Å². The van der Waals surface area contributed by atoms with Crippen molar-refractivity contribution in [2.24, 2.45) is 0 Å². The third kappa shape index (κ3) is 4.95. The number of benzene rings is 3. The van der Waals surface area contributed by atoms with Gasteiger partial charge < -0.3 is 4.98 Å². The first kappa shape index (κ1) is 21.3. The van der Waals surface area contributed by atoms with Crippen molar-refractivity contribution in [1.29, 1.82) is 5.26 Å². The molecule has 0 radical (unpaired) electrons. The molecule has 0 saturated carbocycles. The van der Waals surface area contributed by atoms with Gasteiger partial charge in [-0.15, -0.1) is 0 Å². The SMILES string of the molecule is N#CCCN1CCN(Cc2ccc(-c3cccc(-c4nc5ccc(F)cc5[nH]4)c3)cc2)CC1. The lowest BCUT2D eigenvalue weighted by Gasteiger charge is -2.34. The van der Waals surface area contributed by atoms with Crippen LogP contribution in [-0.4, -0.2) is 52.5 Å². The molecule has 0 unspecified atom stereocenters. The minimum absolute atomic E-state index is 0.271. The van der Waals surface area contributed by atoms with Crippen LogP contribution in [0.25, 0.3) is 33.5 Å². The van der Waals surface area contributed by atoms with E-state index in [1.165, 1.54) is 17.7 Å². The fraction of sp³-hybridized carbons (Fsp3) is 0.259. The highest BCUT2D eigenvalue weighted by atomic mass is 19.1. The molecule has 5 nitrogen and oxygen atoms in total. The van der Waals surface area contributed by atoms with Crippen LogP contribution in [0.1, 0.15) is 12.0 Å². The average molecular weight is 440 g/mol. The molecule has 1 aromatic heterocycles. The van der Waals surface area contributed by atoms with Gasteiger partial charge in [0, 0.05) is 51.3 Å². The second-order valence-corrected chi connectivity index (χ2v) is 8.55. The summed E-state index contributed by atoms with van der Waals surface area (Å²) in [5.41, 5.74) is 6.01. The summed E-state index contributed by atoms with van der Waals surface area (Å²) >= 11 is 0. The summed E-state index contributed by atoms with van der Waals surface area (Å²) in [6.45, 7) is 5.96. The van der Waals surface area contributed by atoms with Gasteiger partial charge in [0.2, 0.25) is 0 Å². The molecule has 1 saturated heterocycles. The molecule has 4 aromatic rings. The van der Waals surface area contributed by atoms with Crippen molar-refractivity contribution in [3.63, 3.8) is 0 Å². The first-order valence-corrected chi connectivity index (χ1v) is 11.3. The van der Waals surface area contributed by atoms with Crippen molar-refractivity contribution in [2.45, 2.75) is 13.0 Å². The lowest BCUT2D eigenvalue weighted by atomic mass is 10.0. The van der Waals surface area contributed by atoms with Gasteiger partial charge in [0.15, 0.2) is 0 Å². The first-order chi connectivity index (χ1) is 16.2. The molecular weight excluding hydrogens is 413 g/mol. The Kier molecular flexibility index (Phi) is 6.16. The van der Waals surface area contributed by atoms with E-state index < -0.39 is 0 Å². The number of nitriles is 1. The predicted octanol–water partition coefficient (Wildman–Crippen LogP) is 5.07. The molecule has 0 spiro atoms. The highest BCUT2D eigenvalue weighted by Crippen LogP contribution is 2.27. The molecule has 1 fully saturated rings. The van der Waals surface area contributed by atoms with Crippen molar-refractivity contribution in [1.82, 2.24) is 19.8 Å². The average Bonchev–Trinajstić information content (AvgIpc) is 3.27. The highest BCUT2D eigenvalue weighted by Gasteiger charge is 2.16. The minimum atomic E-state index is -0.271. The van der Waals surface area contributed by atoms with Crippen LogP contribution < -0.4 is 0 Å². The van der Waals surface area contributed by atoms with Gasteiger partial charge in [-0.05, 0) is 41.0 Å². The second-order valence-electron chi connectivity index (χ2n) is 8.55. The summed E-state index contributed by atoms with van der Waals surface area (Å²) in [6, 6.07) is 23.8. The Morgan fingerprint density at radius 2 is 1.64 bits per heavy atom. The van der Waals surface area contributed by atoms with Gasteiger partial charge in [-0.1, -0.05) is 42.5 Å². The third-order valence-electron chi connectivity index (χ3n) is 6.28. The van der Waals surface area contributed by atoms with Crippen LogP contribution in [0.3, 0.4) is 0 Å². The zero-order valence-corrected chi connectivity index (χ0v) is 18.5. The third-order valence-corrected chi connectivity index (χ3v) is 6.28. The number of nitrogens with zero attached hydrogens (tertiary/aromatic N) is 4. The Morgan fingerprint density at radius 3 is 2.42 bits per heavy atom. The van der Waals surface area contributed by atoms with Gasteiger partial charge in [-0.25, -0.2) is 9.37 Å². The molecule has 0 aliphatic carbocycles. The van der Waals surface area contributed by atoms with Crippen LogP contribution in [0.15, 0.2) is 66.7 Å². The number of hydrogen-bond acceptors (Lipinski definition) is 4. The molecule has 0 amide bonds. The molecule has 0 atom stereocenters. The molecule has 1 aliphatic rings. The van der Waals surface area contributed by atoms with Crippen molar-refractivity contribution in [3.8, 4) is 28.6 Å². The number of aromatic amines is 1. The lowest BCUT2D eigenvalue weighted by Crippen LogP contribution is -2.46. The number of aromatic nitrogens is 2. The van der Waals surface area contributed by atoms with Crippen LogP contribution in [0.5, 0.6) is 0 Å². The largest absolute Gasteiger partial charge is 0.338 e. The van der Waals surface area contributed by atoms with E-state index in [2.05, 4.69) is 62.2 Å². The molecular formula is C27H26FN5. The van der Waals surface area contributed by atoms with Crippen molar-refractivity contribution >= 4 is 11.0 Å². The molecule has 3 aromatic carbocycles. The highest BCUT2D eigenvalue weighted by molar-refractivity contribution is 5.80. The van der Waals surface area contributed by atoms with E-state index in [1.807, 2.05) is 12.1 Å². The van der Waals surface area contributed by atoms with E-state index in [4.69, 9.17) is 5.26 Å². The molecule has 0 bridgehead atoms. The summed E-state index contributed by atoms with van der Waals surface area (Å²) in [6.07, 6.45) is 0.609. The number of imidazole rings is 1. The number of piperazine rings is 1. The van der Waals surface area contributed by atoms with E-state index in [9.17, 15) is 4.39 Å². The summed E-state index contributed by atoms with van der Waals surface area (Å²) < 4.78 is 13.5.